The third kappa shape index (κ3) is 9.13. The summed E-state index contributed by atoms with van der Waals surface area (Å²) in [7, 11) is 0. The molecular formula is C8H18N2O2. The van der Waals surface area contributed by atoms with E-state index in [0.29, 0.717) is 13.0 Å². The van der Waals surface area contributed by atoms with Crippen molar-refractivity contribution in [2.24, 2.45) is 11.5 Å². The second kappa shape index (κ2) is 10.1. The van der Waals surface area contributed by atoms with Crippen LogP contribution in [0.15, 0.2) is 13.2 Å². The smallest absolute Gasteiger partial charge is 0.320 e. The Morgan fingerprint density at radius 2 is 1.92 bits per heavy atom. The van der Waals surface area contributed by atoms with Crippen molar-refractivity contribution in [1.29, 1.82) is 0 Å². The van der Waals surface area contributed by atoms with E-state index in [9.17, 15) is 4.79 Å². The van der Waals surface area contributed by atoms with Crippen LogP contribution in [0.2, 0.25) is 0 Å². The maximum absolute atomic E-state index is 10.1. The molecule has 72 valence electrons. The van der Waals surface area contributed by atoms with Crippen molar-refractivity contribution in [3.63, 3.8) is 0 Å². The molecule has 0 rings (SSSR count). The lowest BCUT2D eigenvalue weighted by molar-refractivity contribution is -0.138. The van der Waals surface area contributed by atoms with Crippen molar-refractivity contribution in [2.75, 3.05) is 6.54 Å². The fraction of sp³-hybridized carbons (Fsp3) is 0.625. The monoisotopic (exact) mass is 174 g/mol. The lowest BCUT2D eigenvalue weighted by atomic mass is 10.1. The molecule has 0 bridgehead atoms. The van der Waals surface area contributed by atoms with Gasteiger partial charge in [-0.15, -0.1) is 13.2 Å². The van der Waals surface area contributed by atoms with Gasteiger partial charge in [0.15, 0.2) is 0 Å². The molecule has 0 aromatic carbocycles. The molecule has 0 aromatic rings. The largest absolute Gasteiger partial charge is 0.480 e. The predicted octanol–water partition coefficient (Wildman–Crippen LogP) is 0.330. The highest BCUT2D eigenvalue weighted by atomic mass is 16.4. The van der Waals surface area contributed by atoms with Gasteiger partial charge in [0.1, 0.15) is 6.04 Å². The summed E-state index contributed by atoms with van der Waals surface area (Å²) in [4.78, 5) is 10.1. The molecule has 12 heavy (non-hydrogen) atoms. The maximum atomic E-state index is 10.1. The summed E-state index contributed by atoms with van der Waals surface area (Å²) in [6, 6.07) is -0.716. The number of carboxylic acids is 1. The van der Waals surface area contributed by atoms with Crippen LogP contribution < -0.4 is 11.5 Å². The fourth-order valence-electron chi connectivity index (χ4n) is 0.632. The molecule has 0 fully saturated rings. The first-order chi connectivity index (χ1) is 5.68. The van der Waals surface area contributed by atoms with Crippen molar-refractivity contribution in [1.82, 2.24) is 0 Å². The van der Waals surface area contributed by atoms with Gasteiger partial charge in [0.05, 0.1) is 0 Å². The Hall–Kier alpha value is -0.870. The van der Waals surface area contributed by atoms with E-state index in [1.807, 2.05) is 0 Å². The Morgan fingerprint density at radius 3 is 2.25 bits per heavy atom. The third-order valence-electron chi connectivity index (χ3n) is 1.29. The predicted molar refractivity (Wildman–Crippen MR) is 49.8 cm³/mol. The second-order valence-electron chi connectivity index (χ2n) is 2.23. The zero-order chi connectivity index (χ0) is 9.98. The van der Waals surface area contributed by atoms with Crippen LogP contribution in [-0.4, -0.2) is 23.7 Å². The molecule has 0 aromatic heterocycles. The number of rotatable bonds is 5. The zero-order valence-corrected chi connectivity index (χ0v) is 7.33. The number of carboxylic acid groups (broad SMARTS) is 1. The topological polar surface area (TPSA) is 89.3 Å². The lowest BCUT2D eigenvalue weighted by Gasteiger charge is -2.03. The fourth-order valence-corrected chi connectivity index (χ4v) is 0.632. The quantitative estimate of drug-likeness (QED) is 0.414. The van der Waals surface area contributed by atoms with Crippen LogP contribution in [0.5, 0.6) is 0 Å². The van der Waals surface area contributed by atoms with Gasteiger partial charge in [-0.2, -0.15) is 0 Å². The van der Waals surface area contributed by atoms with Gasteiger partial charge in [0, 0.05) is 0 Å². The van der Waals surface area contributed by atoms with Gasteiger partial charge in [-0.05, 0) is 19.4 Å². The molecule has 0 unspecified atom stereocenters. The molecule has 4 heteroatoms. The van der Waals surface area contributed by atoms with Crippen LogP contribution in [0.3, 0.4) is 0 Å². The highest BCUT2D eigenvalue weighted by molar-refractivity contribution is 5.72. The second-order valence-corrected chi connectivity index (χ2v) is 2.23. The summed E-state index contributed by atoms with van der Waals surface area (Å²) in [6.45, 7) is 6.60. The van der Waals surface area contributed by atoms with Crippen LogP contribution in [0.1, 0.15) is 19.3 Å². The molecule has 0 heterocycles. The van der Waals surface area contributed by atoms with Crippen molar-refractivity contribution in [3.8, 4) is 0 Å². The van der Waals surface area contributed by atoms with E-state index >= 15 is 0 Å². The molecule has 0 spiro atoms. The van der Waals surface area contributed by atoms with Crippen molar-refractivity contribution >= 4 is 5.97 Å². The van der Waals surface area contributed by atoms with E-state index in [-0.39, 0.29) is 0 Å². The number of nitrogens with two attached hydrogens (primary N) is 2. The molecule has 0 amide bonds. The Kier molecular flexibility index (Phi) is 11.6. The van der Waals surface area contributed by atoms with E-state index in [0.717, 1.165) is 12.8 Å². The molecule has 0 aliphatic rings. The van der Waals surface area contributed by atoms with Gasteiger partial charge < -0.3 is 16.6 Å². The van der Waals surface area contributed by atoms with Gasteiger partial charge in [0.2, 0.25) is 0 Å². The van der Waals surface area contributed by atoms with E-state index in [4.69, 9.17) is 16.6 Å². The first-order valence-electron chi connectivity index (χ1n) is 3.87. The van der Waals surface area contributed by atoms with Gasteiger partial charge in [-0.1, -0.05) is 6.42 Å². The van der Waals surface area contributed by atoms with Crippen molar-refractivity contribution in [2.45, 2.75) is 25.3 Å². The van der Waals surface area contributed by atoms with Crippen LogP contribution in [-0.2, 0) is 4.79 Å². The number of carbonyl (C=O) groups is 1. The molecular weight excluding hydrogens is 156 g/mol. The molecule has 0 radical (unpaired) electrons. The minimum atomic E-state index is -0.933. The van der Waals surface area contributed by atoms with Gasteiger partial charge in [-0.25, -0.2) is 0 Å². The Labute approximate surface area is 73.2 Å². The van der Waals surface area contributed by atoms with Gasteiger partial charge in [-0.3, -0.25) is 4.79 Å². The number of hydrogen-bond donors (Lipinski definition) is 3. The highest BCUT2D eigenvalue weighted by Crippen LogP contribution is 1.96. The minimum absolute atomic E-state index is 0.520. The van der Waals surface area contributed by atoms with E-state index < -0.39 is 12.0 Å². The van der Waals surface area contributed by atoms with E-state index in [2.05, 4.69) is 13.2 Å². The normalized spacial score (nSPS) is 11.2. The number of unbranched alkanes of at least 4 members (excludes halogenated alkanes) is 1. The summed E-state index contributed by atoms with van der Waals surface area (Å²) in [5, 5.41) is 8.33. The summed E-state index contributed by atoms with van der Waals surface area (Å²) in [5.74, 6) is -0.933. The van der Waals surface area contributed by atoms with Crippen molar-refractivity contribution in [3.05, 3.63) is 13.2 Å². The number of aliphatic carboxylic acids is 1. The summed E-state index contributed by atoms with van der Waals surface area (Å²) < 4.78 is 0. The molecule has 0 saturated heterocycles. The summed E-state index contributed by atoms with van der Waals surface area (Å²) in [5.41, 5.74) is 10.4. The molecule has 4 nitrogen and oxygen atoms in total. The van der Waals surface area contributed by atoms with Crippen LogP contribution in [0.25, 0.3) is 0 Å². The molecule has 0 saturated carbocycles. The van der Waals surface area contributed by atoms with Crippen LogP contribution >= 0.6 is 0 Å². The van der Waals surface area contributed by atoms with E-state index in [1.54, 1.807) is 0 Å². The summed E-state index contributed by atoms with van der Waals surface area (Å²) >= 11 is 0. The third-order valence-corrected chi connectivity index (χ3v) is 1.29. The Bertz CT molecular complexity index is 118. The maximum Gasteiger partial charge on any atom is 0.320 e. The minimum Gasteiger partial charge on any atom is -0.480 e. The van der Waals surface area contributed by atoms with Gasteiger partial charge in [0.25, 0.3) is 0 Å². The van der Waals surface area contributed by atoms with Crippen LogP contribution in [0, 0.1) is 0 Å². The highest BCUT2D eigenvalue weighted by Gasteiger charge is 2.09. The average Bonchev–Trinajstić information content (AvgIpc) is 2.08. The molecule has 1 atom stereocenters. The SMILES string of the molecule is C=C.NCCCC[C@H](N)C(=O)O. The van der Waals surface area contributed by atoms with Gasteiger partial charge >= 0.3 is 5.97 Å². The molecule has 0 aliphatic carbocycles. The standard InChI is InChI=1S/C6H14N2O2.C2H4/c7-4-2-1-3-5(8)6(9)10;1-2/h5H,1-4,7-8H2,(H,9,10);1-2H2/t5-;/m0./s1. The first kappa shape index (κ1) is 13.7. The van der Waals surface area contributed by atoms with Crippen LogP contribution in [0.4, 0.5) is 0 Å². The van der Waals surface area contributed by atoms with Crippen molar-refractivity contribution < 1.29 is 9.90 Å². The first-order valence-corrected chi connectivity index (χ1v) is 3.87. The molecule has 0 aliphatic heterocycles. The molecule has 5 N–H and O–H groups in total. The number of hydrogen-bond acceptors (Lipinski definition) is 3. The summed E-state index contributed by atoms with van der Waals surface area (Å²) in [6.07, 6.45) is 2.16. The average molecular weight is 174 g/mol. The van der Waals surface area contributed by atoms with E-state index in [1.165, 1.54) is 0 Å². The Balaban J connectivity index is 0. The lowest BCUT2D eigenvalue weighted by Crippen LogP contribution is -2.29. The zero-order valence-electron chi connectivity index (χ0n) is 7.33. The Morgan fingerprint density at radius 1 is 1.42 bits per heavy atom.